The molecule has 1 N–H and O–H groups in total. The second-order valence-electron chi connectivity index (χ2n) is 5.71. The molecular formula is C13H23N3O2S. The number of aromatic amines is 1. The van der Waals surface area contributed by atoms with E-state index in [9.17, 15) is 8.42 Å². The number of nitrogens with zero attached hydrogens (tertiary/aromatic N) is 2. The number of aryl methyl sites for hydroxylation is 2. The normalized spacial score (nSPS) is 24.9. The molecule has 19 heavy (non-hydrogen) atoms. The summed E-state index contributed by atoms with van der Waals surface area (Å²) in [5.41, 5.74) is 1.17. The minimum absolute atomic E-state index is 0.113. The van der Waals surface area contributed by atoms with E-state index in [0.717, 1.165) is 19.3 Å². The molecule has 5 nitrogen and oxygen atoms in total. The van der Waals surface area contributed by atoms with Gasteiger partial charge in [0.1, 0.15) is 4.90 Å². The molecule has 1 heterocycles. The number of aromatic nitrogens is 2. The van der Waals surface area contributed by atoms with Crippen molar-refractivity contribution in [2.45, 2.75) is 57.4 Å². The summed E-state index contributed by atoms with van der Waals surface area (Å²) < 4.78 is 27.0. The van der Waals surface area contributed by atoms with E-state index in [4.69, 9.17) is 0 Å². The van der Waals surface area contributed by atoms with Gasteiger partial charge >= 0.3 is 0 Å². The average molecular weight is 285 g/mol. The molecule has 1 fully saturated rings. The van der Waals surface area contributed by atoms with Gasteiger partial charge in [-0.3, -0.25) is 5.10 Å². The first kappa shape index (κ1) is 14.5. The van der Waals surface area contributed by atoms with Gasteiger partial charge in [0.2, 0.25) is 10.0 Å². The van der Waals surface area contributed by atoms with Crippen molar-refractivity contribution in [1.82, 2.24) is 14.5 Å². The van der Waals surface area contributed by atoms with Crippen LogP contribution in [0.3, 0.4) is 0 Å². The van der Waals surface area contributed by atoms with E-state index in [1.54, 1.807) is 25.2 Å². The van der Waals surface area contributed by atoms with Gasteiger partial charge in [0.05, 0.1) is 11.4 Å². The summed E-state index contributed by atoms with van der Waals surface area (Å²) in [7, 11) is -1.74. The molecule has 2 atom stereocenters. The Morgan fingerprint density at radius 1 is 1.32 bits per heavy atom. The van der Waals surface area contributed by atoms with Crippen LogP contribution >= 0.6 is 0 Å². The highest BCUT2D eigenvalue weighted by atomic mass is 32.2. The van der Waals surface area contributed by atoms with E-state index in [-0.39, 0.29) is 6.04 Å². The summed E-state index contributed by atoms with van der Waals surface area (Å²) in [6, 6.07) is 0.113. The van der Waals surface area contributed by atoms with Crippen LogP contribution < -0.4 is 0 Å². The van der Waals surface area contributed by atoms with Crippen LogP contribution in [-0.4, -0.2) is 36.0 Å². The van der Waals surface area contributed by atoms with E-state index in [0.29, 0.717) is 22.2 Å². The van der Waals surface area contributed by atoms with Crippen molar-refractivity contribution in [1.29, 1.82) is 0 Å². The first-order valence-corrected chi connectivity index (χ1v) is 8.27. The SMILES string of the molecule is Cc1n[nH]c(C)c1S(=O)(=O)N(C)C1CCCC(C)C1. The van der Waals surface area contributed by atoms with E-state index < -0.39 is 10.0 Å². The zero-order valence-electron chi connectivity index (χ0n) is 12.1. The third-order valence-corrected chi connectivity index (χ3v) is 6.29. The van der Waals surface area contributed by atoms with Crippen molar-refractivity contribution in [2.75, 3.05) is 7.05 Å². The molecule has 6 heteroatoms. The Bertz CT molecular complexity index is 531. The molecule has 2 unspecified atom stereocenters. The van der Waals surface area contributed by atoms with Crippen LogP contribution in [0.2, 0.25) is 0 Å². The Kier molecular flexibility index (Phi) is 4.01. The monoisotopic (exact) mass is 285 g/mol. The third-order valence-electron chi connectivity index (χ3n) is 4.12. The number of hydrogen-bond donors (Lipinski definition) is 1. The molecule has 0 saturated heterocycles. The van der Waals surface area contributed by atoms with Gasteiger partial charge < -0.3 is 0 Å². The lowest BCUT2D eigenvalue weighted by Gasteiger charge is -2.33. The van der Waals surface area contributed by atoms with Crippen molar-refractivity contribution in [3.63, 3.8) is 0 Å². The van der Waals surface area contributed by atoms with Crippen LogP contribution in [0.4, 0.5) is 0 Å². The van der Waals surface area contributed by atoms with E-state index in [1.165, 1.54) is 6.42 Å². The van der Waals surface area contributed by atoms with Gasteiger partial charge in [0, 0.05) is 13.1 Å². The smallest absolute Gasteiger partial charge is 0.246 e. The Morgan fingerprint density at radius 3 is 2.53 bits per heavy atom. The second-order valence-corrected chi connectivity index (χ2v) is 7.64. The molecule has 0 amide bonds. The minimum Gasteiger partial charge on any atom is -0.281 e. The van der Waals surface area contributed by atoms with Gasteiger partial charge in [0.25, 0.3) is 0 Å². The van der Waals surface area contributed by atoms with Gasteiger partial charge in [0.15, 0.2) is 0 Å². The number of H-pyrrole nitrogens is 1. The van der Waals surface area contributed by atoms with E-state index in [2.05, 4.69) is 17.1 Å². The highest BCUT2D eigenvalue weighted by molar-refractivity contribution is 7.89. The molecule has 2 rings (SSSR count). The molecule has 0 aromatic carbocycles. The molecule has 1 aliphatic carbocycles. The summed E-state index contributed by atoms with van der Waals surface area (Å²) in [6.07, 6.45) is 4.21. The fraction of sp³-hybridized carbons (Fsp3) is 0.769. The van der Waals surface area contributed by atoms with Crippen LogP contribution in [0.25, 0.3) is 0 Å². The van der Waals surface area contributed by atoms with Crippen LogP contribution in [0.1, 0.15) is 44.0 Å². The molecule has 0 radical (unpaired) electrons. The summed E-state index contributed by atoms with van der Waals surface area (Å²) in [5.74, 6) is 0.600. The van der Waals surface area contributed by atoms with Crippen molar-refractivity contribution in [2.24, 2.45) is 5.92 Å². The predicted molar refractivity (Wildman–Crippen MR) is 74.4 cm³/mol. The lowest BCUT2D eigenvalue weighted by atomic mass is 9.87. The number of hydrogen-bond acceptors (Lipinski definition) is 3. The molecule has 0 aliphatic heterocycles. The molecule has 0 bridgehead atoms. The fourth-order valence-electron chi connectivity index (χ4n) is 2.99. The molecule has 1 aromatic rings. The Morgan fingerprint density at radius 2 is 2.00 bits per heavy atom. The van der Waals surface area contributed by atoms with Gasteiger partial charge in [-0.2, -0.15) is 9.40 Å². The standard InChI is InChI=1S/C13H23N3O2S/c1-9-6-5-7-12(8-9)16(4)19(17,18)13-10(2)14-15-11(13)3/h9,12H,5-8H2,1-4H3,(H,14,15). The first-order valence-electron chi connectivity index (χ1n) is 6.83. The second kappa shape index (κ2) is 5.25. The maximum Gasteiger partial charge on any atom is 0.246 e. The zero-order valence-corrected chi connectivity index (χ0v) is 12.9. The summed E-state index contributed by atoms with van der Waals surface area (Å²) in [4.78, 5) is 0.341. The number of nitrogens with one attached hydrogen (secondary N) is 1. The highest BCUT2D eigenvalue weighted by Crippen LogP contribution is 2.31. The van der Waals surface area contributed by atoms with Crippen LogP contribution in [-0.2, 0) is 10.0 Å². The largest absolute Gasteiger partial charge is 0.281 e. The number of sulfonamides is 1. The van der Waals surface area contributed by atoms with Gasteiger partial charge in [-0.15, -0.1) is 0 Å². The van der Waals surface area contributed by atoms with Crippen LogP contribution in [0.15, 0.2) is 4.90 Å². The van der Waals surface area contributed by atoms with E-state index in [1.807, 2.05) is 0 Å². The van der Waals surface area contributed by atoms with Crippen LogP contribution in [0.5, 0.6) is 0 Å². The summed E-state index contributed by atoms with van der Waals surface area (Å²) in [6.45, 7) is 5.68. The van der Waals surface area contributed by atoms with Gasteiger partial charge in [-0.25, -0.2) is 8.42 Å². The molecule has 108 valence electrons. The maximum absolute atomic E-state index is 12.7. The van der Waals surface area contributed by atoms with Gasteiger partial charge in [-0.1, -0.05) is 19.8 Å². The molecule has 1 aliphatic rings. The van der Waals surface area contributed by atoms with Gasteiger partial charge in [-0.05, 0) is 32.6 Å². The minimum atomic E-state index is -3.44. The summed E-state index contributed by atoms with van der Waals surface area (Å²) in [5, 5.41) is 6.75. The first-order chi connectivity index (χ1) is 8.84. The van der Waals surface area contributed by atoms with Crippen molar-refractivity contribution in [3.05, 3.63) is 11.4 Å². The quantitative estimate of drug-likeness (QED) is 0.926. The molecular weight excluding hydrogens is 262 g/mol. The maximum atomic E-state index is 12.7. The zero-order chi connectivity index (χ0) is 14.2. The fourth-order valence-corrected chi connectivity index (χ4v) is 4.72. The Balaban J connectivity index is 2.29. The van der Waals surface area contributed by atoms with Crippen molar-refractivity contribution >= 4 is 10.0 Å². The lowest BCUT2D eigenvalue weighted by Crippen LogP contribution is -2.40. The summed E-state index contributed by atoms with van der Waals surface area (Å²) >= 11 is 0. The topological polar surface area (TPSA) is 66.1 Å². The van der Waals surface area contributed by atoms with Crippen LogP contribution in [0, 0.1) is 19.8 Å². The van der Waals surface area contributed by atoms with Crippen molar-refractivity contribution < 1.29 is 8.42 Å². The Labute approximate surface area is 115 Å². The van der Waals surface area contributed by atoms with Crippen molar-refractivity contribution in [3.8, 4) is 0 Å². The predicted octanol–water partition coefficient (Wildman–Crippen LogP) is 2.23. The molecule has 0 spiro atoms. The highest BCUT2D eigenvalue weighted by Gasteiger charge is 2.33. The number of rotatable bonds is 3. The Hall–Kier alpha value is -0.880. The van der Waals surface area contributed by atoms with E-state index >= 15 is 0 Å². The molecule has 1 saturated carbocycles. The lowest BCUT2D eigenvalue weighted by molar-refractivity contribution is 0.239. The third kappa shape index (κ3) is 2.69. The molecule has 1 aromatic heterocycles. The average Bonchev–Trinajstić information content (AvgIpc) is 2.68.